The minimum atomic E-state index is 0.317. The number of benzene rings is 1. The van der Waals surface area contributed by atoms with Gasteiger partial charge in [0.05, 0.1) is 7.11 Å². The van der Waals surface area contributed by atoms with E-state index in [1.54, 1.807) is 7.11 Å². The van der Waals surface area contributed by atoms with E-state index in [-0.39, 0.29) is 0 Å². The zero-order valence-electron chi connectivity index (χ0n) is 13.6. The lowest BCUT2D eigenvalue weighted by Gasteiger charge is -2.41. The molecule has 3 rings (SSSR count). The molecule has 1 atom stereocenters. The fraction of sp³-hybridized carbons (Fsp3) is 0.667. The number of hydrogen-bond acceptors (Lipinski definition) is 4. The van der Waals surface area contributed by atoms with E-state index in [1.807, 2.05) is 12.1 Å². The van der Waals surface area contributed by atoms with Gasteiger partial charge in [-0.2, -0.15) is 0 Å². The Morgan fingerprint density at radius 1 is 1.18 bits per heavy atom. The van der Waals surface area contributed by atoms with Gasteiger partial charge in [-0.1, -0.05) is 31.4 Å². The molecule has 1 saturated heterocycles. The van der Waals surface area contributed by atoms with E-state index >= 15 is 0 Å². The lowest BCUT2D eigenvalue weighted by atomic mass is 9.80. The van der Waals surface area contributed by atoms with Crippen LogP contribution in [0.25, 0.3) is 0 Å². The van der Waals surface area contributed by atoms with Crippen molar-refractivity contribution in [2.45, 2.75) is 38.1 Å². The fourth-order valence-electron chi connectivity index (χ4n) is 4.10. The highest BCUT2D eigenvalue weighted by atomic mass is 16.5. The second kappa shape index (κ2) is 7.34. The Labute approximate surface area is 133 Å². The molecule has 2 aliphatic rings. The summed E-state index contributed by atoms with van der Waals surface area (Å²) in [5.41, 5.74) is 1.05. The molecule has 1 saturated carbocycles. The zero-order valence-corrected chi connectivity index (χ0v) is 13.6. The van der Waals surface area contributed by atoms with E-state index in [1.165, 1.54) is 32.1 Å². The summed E-state index contributed by atoms with van der Waals surface area (Å²) < 4.78 is 5.33. The fourth-order valence-corrected chi connectivity index (χ4v) is 4.10. The molecule has 122 valence electrons. The van der Waals surface area contributed by atoms with Gasteiger partial charge in [0.15, 0.2) is 11.5 Å². The molecular weight excluding hydrogens is 276 g/mol. The zero-order chi connectivity index (χ0) is 15.4. The second-order valence-corrected chi connectivity index (χ2v) is 6.53. The first kappa shape index (κ1) is 15.6. The van der Waals surface area contributed by atoms with Crippen LogP contribution in [0.2, 0.25) is 0 Å². The van der Waals surface area contributed by atoms with Gasteiger partial charge in [-0.3, -0.25) is 4.90 Å². The van der Waals surface area contributed by atoms with E-state index in [4.69, 9.17) is 4.74 Å². The Balaban J connectivity index is 1.93. The number of phenolic OH excluding ortho intramolecular Hbond substituents is 1. The standard InChI is InChI=1S/C18H28N2O2/c1-22-16-9-5-8-15(18(16)21)17(14-6-3-2-4-7-14)20-12-10-19-11-13-20/h5,8-9,14,17,19,21H,2-4,6-7,10-13H2,1H3/t17-/m0/s1. The quantitative estimate of drug-likeness (QED) is 0.898. The van der Waals surface area contributed by atoms with E-state index in [9.17, 15) is 5.11 Å². The molecule has 22 heavy (non-hydrogen) atoms. The Morgan fingerprint density at radius 3 is 2.59 bits per heavy atom. The maximum absolute atomic E-state index is 10.7. The lowest BCUT2D eigenvalue weighted by Crippen LogP contribution is -2.47. The summed E-state index contributed by atoms with van der Waals surface area (Å²) in [5, 5.41) is 14.1. The molecule has 2 N–H and O–H groups in total. The Morgan fingerprint density at radius 2 is 1.91 bits per heavy atom. The predicted octanol–water partition coefficient (Wildman–Crippen LogP) is 2.93. The van der Waals surface area contributed by atoms with Gasteiger partial charge >= 0.3 is 0 Å². The molecule has 4 heteroatoms. The summed E-state index contributed by atoms with van der Waals surface area (Å²) in [4.78, 5) is 2.56. The van der Waals surface area contributed by atoms with Crippen molar-refractivity contribution in [2.24, 2.45) is 5.92 Å². The molecule has 0 amide bonds. The number of piperazine rings is 1. The second-order valence-electron chi connectivity index (χ2n) is 6.53. The Hall–Kier alpha value is -1.26. The molecule has 0 unspecified atom stereocenters. The van der Waals surface area contributed by atoms with Gasteiger partial charge in [-0.25, -0.2) is 0 Å². The van der Waals surface area contributed by atoms with Crippen molar-refractivity contribution >= 4 is 0 Å². The van der Waals surface area contributed by atoms with Crippen molar-refractivity contribution in [1.82, 2.24) is 10.2 Å². The maximum Gasteiger partial charge on any atom is 0.162 e. The highest BCUT2D eigenvalue weighted by Crippen LogP contribution is 2.44. The third-order valence-corrected chi connectivity index (χ3v) is 5.21. The molecule has 1 aromatic carbocycles. The topological polar surface area (TPSA) is 44.7 Å². The third-order valence-electron chi connectivity index (χ3n) is 5.21. The summed E-state index contributed by atoms with van der Waals surface area (Å²) >= 11 is 0. The number of phenols is 1. The van der Waals surface area contributed by atoms with Crippen molar-refractivity contribution in [2.75, 3.05) is 33.3 Å². The van der Waals surface area contributed by atoms with Crippen molar-refractivity contribution in [1.29, 1.82) is 0 Å². The number of aromatic hydroxyl groups is 1. The molecule has 1 heterocycles. The van der Waals surface area contributed by atoms with Crippen LogP contribution in [0.3, 0.4) is 0 Å². The smallest absolute Gasteiger partial charge is 0.162 e. The molecule has 4 nitrogen and oxygen atoms in total. The van der Waals surface area contributed by atoms with Crippen LogP contribution < -0.4 is 10.1 Å². The van der Waals surface area contributed by atoms with Gasteiger partial charge in [0.25, 0.3) is 0 Å². The SMILES string of the molecule is COc1cccc([C@H](C2CCCCC2)N2CCNCC2)c1O. The van der Waals surface area contributed by atoms with Gasteiger partial charge in [0.1, 0.15) is 0 Å². The van der Waals surface area contributed by atoms with E-state index in [2.05, 4.69) is 16.3 Å². The molecule has 2 fully saturated rings. The van der Waals surface area contributed by atoms with Gasteiger partial charge in [0, 0.05) is 37.8 Å². The number of ether oxygens (including phenoxy) is 1. The van der Waals surface area contributed by atoms with Gasteiger partial charge in [0.2, 0.25) is 0 Å². The number of para-hydroxylation sites is 1. The number of nitrogens with zero attached hydrogens (tertiary/aromatic N) is 1. The molecule has 0 radical (unpaired) electrons. The normalized spacial score (nSPS) is 22.4. The van der Waals surface area contributed by atoms with Crippen molar-refractivity contribution in [3.8, 4) is 11.5 Å². The monoisotopic (exact) mass is 304 g/mol. The van der Waals surface area contributed by atoms with Crippen LogP contribution in [0.4, 0.5) is 0 Å². The van der Waals surface area contributed by atoms with E-state index in [0.717, 1.165) is 31.7 Å². The van der Waals surface area contributed by atoms with Crippen LogP contribution in [-0.4, -0.2) is 43.3 Å². The van der Waals surface area contributed by atoms with Crippen molar-refractivity contribution in [3.05, 3.63) is 23.8 Å². The maximum atomic E-state index is 10.7. The van der Waals surface area contributed by atoms with Crippen LogP contribution in [0.15, 0.2) is 18.2 Å². The predicted molar refractivity (Wildman–Crippen MR) is 88.4 cm³/mol. The van der Waals surface area contributed by atoms with Gasteiger partial charge in [-0.05, 0) is 24.8 Å². The number of methoxy groups -OCH3 is 1. The summed E-state index contributed by atoms with van der Waals surface area (Å²) in [6.45, 7) is 4.18. The van der Waals surface area contributed by atoms with Crippen LogP contribution in [0.5, 0.6) is 11.5 Å². The first-order valence-electron chi connectivity index (χ1n) is 8.62. The van der Waals surface area contributed by atoms with Crippen molar-refractivity contribution < 1.29 is 9.84 Å². The lowest BCUT2D eigenvalue weighted by molar-refractivity contribution is 0.101. The Bertz CT molecular complexity index is 462. The molecule has 1 aliphatic carbocycles. The molecule has 0 spiro atoms. The average Bonchev–Trinajstić information content (AvgIpc) is 2.59. The molecule has 1 aliphatic heterocycles. The van der Waals surface area contributed by atoms with E-state index < -0.39 is 0 Å². The molecular formula is C18H28N2O2. The molecule has 0 aromatic heterocycles. The van der Waals surface area contributed by atoms with E-state index in [0.29, 0.717) is 23.5 Å². The van der Waals surface area contributed by atoms with Crippen molar-refractivity contribution in [3.63, 3.8) is 0 Å². The van der Waals surface area contributed by atoms with Gasteiger partial charge in [-0.15, -0.1) is 0 Å². The number of hydrogen-bond donors (Lipinski definition) is 2. The summed E-state index contributed by atoms with van der Waals surface area (Å²) in [6.07, 6.45) is 6.53. The highest BCUT2D eigenvalue weighted by Gasteiger charge is 2.33. The minimum Gasteiger partial charge on any atom is -0.504 e. The van der Waals surface area contributed by atoms with Crippen LogP contribution in [-0.2, 0) is 0 Å². The summed E-state index contributed by atoms with van der Waals surface area (Å²) in [7, 11) is 1.62. The van der Waals surface area contributed by atoms with Crippen LogP contribution >= 0.6 is 0 Å². The highest BCUT2D eigenvalue weighted by molar-refractivity contribution is 5.47. The number of nitrogens with one attached hydrogen (secondary N) is 1. The Kier molecular flexibility index (Phi) is 5.21. The average molecular weight is 304 g/mol. The van der Waals surface area contributed by atoms with Crippen LogP contribution in [0.1, 0.15) is 43.7 Å². The summed E-state index contributed by atoms with van der Waals surface area (Å²) in [6, 6.07) is 6.25. The van der Waals surface area contributed by atoms with Crippen LogP contribution in [0, 0.1) is 5.92 Å². The molecule has 1 aromatic rings. The summed E-state index contributed by atoms with van der Waals surface area (Å²) in [5.74, 6) is 1.57. The molecule has 0 bridgehead atoms. The van der Waals surface area contributed by atoms with Gasteiger partial charge < -0.3 is 15.2 Å². The minimum absolute atomic E-state index is 0.317. The first-order chi connectivity index (χ1) is 10.8. The largest absolute Gasteiger partial charge is 0.504 e. The first-order valence-corrected chi connectivity index (χ1v) is 8.62. The third kappa shape index (κ3) is 3.23. The number of rotatable bonds is 4.